The number of nitrogens with zero attached hydrogens (tertiary/aromatic N) is 4. The molecule has 4 rings (SSSR count). The summed E-state index contributed by atoms with van der Waals surface area (Å²) in [6.45, 7) is 5.69. The molecule has 1 unspecified atom stereocenters. The second-order valence-corrected chi connectivity index (χ2v) is 9.28. The lowest BCUT2D eigenvalue weighted by Crippen LogP contribution is -2.50. The van der Waals surface area contributed by atoms with Gasteiger partial charge in [-0.25, -0.2) is 0 Å². The lowest BCUT2D eigenvalue weighted by molar-refractivity contribution is -0.130. The number of hydrogen-bond donors (Lipinski definition) is 1. The van der Waals surface area contributed by atoms with Crippen molar-refractivity contribution in [2.75, 3.05) is 36.4 Å². The van der Waals surface area contributed by atoms with Crippen molar-refractivity contribution in [3.8, 4) is 0 Å². The second kappa shape index (κ2) is 9.32. The summed E-state index contributed by atoms with van der Waals surface area (Å²) in [6.07, 6.45) is 1.64. The van der Waals surface area contributed by atoms with Crippen LogP contribution in [0, 0.1) is 0 Å². The monoisotopic (exact) mass is 429 g/mol. The molecule has 0 spiro atoms. The van der Waals surface area contributed by atoms with Gasteiger partial charge in [0.2, 0.25) is 11.0 Å². The number of piperazine rings is 1. The van der Waals surface area contributed by atoms with Gasteiger partial charge in [-0.15, -0.1) is 10.2 Å². The van der Waals surface area contributed by atoms with E-state index in [2.05, 4.69) is 32.5 Å². The summed E-state index contributed by atoms with van der Waals surface area (Å²) >= 11 is 2.92. The number of hydrogen-bond acceptors (Lipinski definition) is 8. The first-order valence-corrected chi connectivity index (χ1v) is 11.2. The van der Waals surface area contributed by atoms with Gasteiger partial charge in [-0.3, -0.25) is 4.79 Å². The molecule has 1 amide bonds. The topological polar surface area (TPSA) is 74.5 Å². The second-order valence-electron chi connectivity index (χ2n) is 6.71. The predicted molar refractivity (Wildman–Crippen MR) is 116 cm³/mol. The maximum atomic E-state index is 12.8. The number of furan rings is 1. The van der Waals surface area contributed by atoms with Crippen molar-refractivity contribution < 1.29 is 9.21 Å². The molecule has 29 heavy (non-hydrogen) atoms. The highest BCUT2D eigenvalue weighted by Gasteiger charge is 2.26. The largest absolute Gasteiger partial charge is 0.467 e. The van der Waals surface area contributed by atoms with Crippen LogP contribution in [0.25, 0.3) is 0 Å². The highest BCUT2D eigenvalue weighted by Crippen LogP contribution is 2.30. The number of anilines is 2. The van der Waals surface area contributed by atoms with E-state index in [1.807, 2.05) is 42.2 Å². The molecular weight excluding hydrogens is 406 g/mol. The van der Waals surface area contributed by atoms with Crippen LogP contribution in [0.5, 0.6) is 0 Å². The minimum Gasteiger partial charge on any atom is -0.467 e. The Labute approximate surface area is 178 Å². The number of aromatic nitrogens is 2. The van der Waals surface area contributed by atoms with Crippen LogP contribution in [0.4, 0.5) is 10.8 Å². The van der Waals surface area contributed by atoms with Gasteiger partial charge in [0.25, 0.3) is 0 Å². The summed E-state index contributed by atoms with van der Waals surface area (Å²) in [7, 11) is 0. The predicted octanol–water partition coefficient (Wildman–Crippen LogP) is 3.57. The lowest BCUT2D eigenvalue weighted by Gasteiger charge is -2.37. The van der Waals surface area contributed by atoms with Crippen LogP contribution in [0.15, 0.2) is 57.5 Å². The summed E-state index contributed by atoms with van der Waals surface area (Å²) in [5, 5.41) is 12.1. The third kappa shape index (κ3) is 5.10. The molecule has 7 nitrogen and oxygen atoms in total. The highest BCUT2D eigenvalue weighted by molar-refractivity contribution is 8.02. The number of rotatable bonds is 7. The molecule has 0 bridgehead atoms. The van der Waals surface area contributed by atoms with Crippen molar-refractivity contribution in [3.05, 3.63) is 54.5 Å². The molecule has 1 atom stereocenters. The average Bonchev–Trinajstić information content (AvgIpc) is 3.44. The maximum absolute atomic E-state index is 12.8. The first kappa shape index (κ1) is 19.8. The molecule has 1 saturated heterocycles. The van der Waals surface area contributed by atoms with E-state index in [1.54, 1.807) is 6.26 Å². The Bertz CT molecular complexity index is 908. The molecule has 1 aromatic carbocycles. The van der Waals surface area contributed by atoms with Crippen molar-refractivity contribution >= 4 is 39.8 Å². The van der Waals surface area contributed by atoms with Crippen molar-refractivity contribution in [2.45, 2.75) is 23.1 Å². The molecule has 0 radical (unpaired) electrons. The van der Waals surface area contributed by atoms with Crippen molar-refractivity contribution in [1.29, 1.82) is 0 Å². The Hall–Kier alpha value is -2.52. The highest BCUT2D eigenvalue weighted by atomic mass is 32.2. The van der Waals surface area contributed by atoms with Gasteiger partial charge in [-0.05, 0) is 31.2 Å². The fraction of sp³-hybridized carbons (Fsp3) is 0.350. The number of nitrogens with one attached hydrogen (secondary N) is 1. The lowest BCUT2D eigenvalue weighted by atomic mass is 10.2. The Kier molecular flexibility index (Phi) is 6.36. The SMILES string of the molecule is CC(Sc1nnc(NCc2ccco2)s1)C(=O)N1CCN(c2ccccc2)CC1. The van der Waals surface area contributed by atoms with E-state index in [0.29, 0.717) is 6.54 Å². The van der Waals surface area contributed by atoms with E-state index in [9.17, 15) is 4.79 Å². The molecule has 1 N–H and O–H groups in total. The van der Waals surface area contributed by atoms with Gasteiger partial charge >= 0.3 is 0 Å². The van der Waals surface area contributed by atoms with Crippen molar-refractivity contribution in [1.82, 2.24) is 15.1 Å². The number of carbonyl (C=O) groups excluding carboxylic acids is 1. The molecule has 0 saturated carbocycles. The van der Waals surface area contributed by atoms with Crippen LogP contribution in [-0.2, 0) is 11.3 Å². The summed E-state index contributed by atoms with van der Waals surface area (Å²) in [5.74, 6) is 0.996. The molecule has 1 aliphatic heterocycles. The van der Waals surface area contributed by atoms with Crippen LogP contribution >= 0.6 is 23.1 Å². The van der Waals surface area contributed by atoms with E-state index in [0.717, 1.165) is 41.4 Å². The first-order chi connectivity index (χ1) is 14.2. The molecule has 2 aromatic heterocycles. The third-order valence-electron chi connectivity index (χ3n) is 4.74. The zero-order chi connectivity index (χ0) is 20.1. The number of carbonyl (C=O) groups is 1. The minimum atomic E-state index is -0.191. The summed E-state index contributed by atoms with van der Waals surface area (Å²) in [6, 6.07) is 14.1. The first-order valence-electron chi connectivity index (χ1n) is 9.54. The maximum Gasteiger partial charge on any atom is 0.235 e. The molecule has 3 aromatic rings. The molecule has 0 aliphatic carbocycles. The normalized spacial score (nSPS) is 15.3. The van der Waals surface area contributed by atoms with Gasteiger partial charge in [-0.2, -0.15) is 0 Å². The molecule has 3 heterocycles. The van der Waals surface area contributed by atoms with Crippen molar-refractivity contribution in [3.63, 3.8) is 0 Å². The zero-order valence-corrected chi connectivity index (χ0v) is 17.8. The van der Waals surface area contributed by atoms with E-state index in [1.165, 1.54) is 28.8 Å². The van der Waals surface area contributed by atoms with Crippen LogP contribution in [-0.4, -0.2) is 52.4 Å². The number of benzene rings is 1. The number of thioether (sulfide) groups is 1. The van der Waals surface area contributed by atoms with Crippen LogP contribution in [0.3, 0.4) is 0 Å². The standard InChI is InChI=1S/C20H23N5O2S2/c1-15(28-20-23-22-19(29-20)21-14-17-8-5-13-27-17)18(26)25-11-9-24(10-12-25)16-6-3-2-4-7-16/h2-8,13,15H,9-12,14H2,1H3,(H,21,22). The molecule has 1 fully saturated rings. The van der Waals surface area contributed by atoms with Gasteiger partial charge in [0.1, 0.15) is 5.76 Å². The molecular formula is C20H23N5O2S2. The van der Waals surface area contributed by atoms with Gasteiger partial charge in [0.15, 0.2) is 4.34 Å². The number of amides is 1. The molecule has 152 valence electrons. The number of para-hydroxylation sites is 1. The van der Waals surface area contributed by atoms with E-state index < -0.39 is 0 Å². The Morgan fingerprint density at radius 3 is 2.69 bits per heavy atom. The fourth-order valence-corrected chi connectivity index (χ4v) is 5.16. The Morgan fingerprint density at radius 2 is 1.97 bits per heavy atom. The minimum absolute atomic E-state index is 0.156. The van der Waals surface area contributed by atoms with E-state index in [-0.39, 0.29) is 11.2 Å². The third-order valence-corrected chi connectivity index (χ3v) is 6.79. The Morgan fingerprint density at radius 1 is 1.17 bits per heavy atom. The molecule has 9 heteroatoms. The van der Waals surface area contributed by atoms with Crippen LogP contribution in [0.1, 0.15) is 12.7 Å². The summed E-state index contributed by atoms with van der Waals surface area (Å²) < 4.78 is 6.08. The van der Waals surface area contributed by atoms with Gasteiger partial charge < -0.3 is 19.5 Å². The van der Waals surface area contributed by atoms with Gasteiger partial charge in [0, 0.05) is 31.9 Å². The van der Waals surface area contributed by atoms with E-state index in [4.69, 9.17) is 4.42 Å². The summed E-state index contributed by atoms with van der Waals surface area (Å²) in [4.78, 5) is 17.1. The zero-order valence-electron chi connectivity index (χ0n) is 16.2. The summed E-state index contributed by atoms with van der Waals surface area (Å²) in [5.41, 5.74) is 1.21. The molecule has 1 aliphatic rings. The Balaban J connectivity index is 1.25. The average molecular weight is 430 g/mol. The van der Waals surface area contributed by atoms with Gasteiger partial charge in [0.05, 0.1) is 18.1 Å². The van der Waals surface area contributed by atoms with Crippen LogP contribution < -0.4 is 10.2 Å². The van der Waals surface area contributed by atoms with Gasteiger partial charge in [-0.1, -0.05) is 41.3 Å². The fourth-order valence-electron chi connectivity index (χ4n) is 3.19. The van der Waals surface area contributed by atoms with Crippen LogP contribution in [0.2, 0.25) is 0 Å². The smallest absolute Gasteiger partial charge is 0.235 e. The van der Waals surface area contributed by atoms with Crippen molar-refractivity contribution in [2.24, 2.45) is 0 Å². The van der Waals surface area contributed by atoms with E-state index >= 15 is 0 Å². The quantitative estimate of drug-likeness (QED) is 0.576.